The zero-order chi connectivity index (χ0) is 21.1. The number of hydrogen-bond donors (Lipinski definition) is 0. The van der Waals surface area contributed by atoms with E-state index in [4.69, 9.17) is 0 Å². The average Bonchev–Trinajstić information content (AvgIpc) is 3.46. The molecule has 0 radical (unpaired) electrons. The molecule has 0 unspecified atom stereocenters. The van der Waals surface area contributed by atoms with Gasteiger partial charge in [0.15, 0.2) is 0 Å². The van der Waals surface area contributed by atoms with Gasteiger partial charge in [0, 0.05) is 64.2 Å². The SMILES string of the molecule is C=C(C)N(C)c1cnn(C(=O)N2CCN(Cc3ccccc3N3CCCC3)CC2)c1. The Bertz CT molecular complexity index is 893. The van der Waals surface area contributed by atoms with Crippen molar-refractivity contribution in [2.24, 2.45) is 0 Å². The first-order chi connectivity index (χ1) is 14.5. The molecule has 30 heavy (non-hydrogen) atoms. The average molecular weight is 409 g/mol. The zero-order valence-electron chi connectivity index (χ0n) is 18.1. The molecule has 0 N–H and O–H groups in total. The summed E-state index contributed by atoms with van der Waals surface area (Å²) >= 11 is 0. The highest BCUT2D eigenvalue weighted by Crippen LogP contribution is 2.26. The lowest BCUT2D eigenvalue weighted by molar-refractivity contribution is 0.134. The third-order valence-corrected chi connectivity index (χ3v) is 6.20. The topological polar surface area (TPSA) is 47.9 Å². The van der Waals surface area contributed by atoms with Crippen LogP contribution >= 0.6 is 0 Å². The molecule has 0 aliphatic carbocycles. The van der Waals surface area contributed by atoms with Gasteiger partial charge in [0.25, 0.3) is 0 Å². The van der Waals surface area contributed by atoms with E-state index in [0.29, 0.717) is 0 Å². The summed E-state index contributed by atoms with van der Waals surface area (Å²) in [6.45, 7) is 12.3. The minimum atomic E-state index is -0.0616. The van der Waals surface area contributed by atoms with Crippen molar-refractivity contribution in [3.05, 3.63) is 54.5 Å². The number of carbonyl (C=O) groups is 1. The van der Waals surface area contributed by atoms with E-state index >= 15 is 0 Å². The molecule has 0 atom stereocenters. The minimum Gasteiger partial charge on any atom is -0.371 e. The number of allylic oxidation sites excluding steroid dienone is 1. The van der Waals surface area contributed by atoms with E-state index in [9.17, 15) is 4.79 Å². The number of piperazine rings is 1. The second-order valence-corrected chi connectivity index (χ2v) is 8.31. The number of nitrogens with zero attached hydrogens (tertiary/aromatic N) is 6. The third-order valence-electron chi connectivity index (χ3n) is 6.20. The predicted octanol–water partition coefficient (Wildman–Crippen LogP) is 3.24. The molecule has 1 aromatic heterocycles. The van der Waals surface area contributed by atoms with E-state index < -0.39 is 0 Å². The summed E-state index contributed by atoms with van der Waals surface area (Å²) in [6.07, 6.45) is 6.05. The van der Waals surface area contributed by atoms with Gasteiger partial charge in [-0.15, -0.1) is 0 Å². The molecule has 0 spiro atoms. The highest BCUT2D eigenvalue weighted by molar-refractivity contribution is 5.77. The Kier molecular flexibility index (Phi) is 6.08. The van der Waals surface area contributed by atoms with Gasteiger partial charge in [-0.2, -0.15) is 9.78 Å². The number of hydrogen-bond acceptors (Lipinski definition) is 5. The van der Waals surface area contributed by atoms with Crippen LogP contribution in [0.15, 0.2) is 48.9 Å². The van der Waals surface area contributed by atoms with Crippen LogP contribution in [0.3, 0.4) is 0 Å². The molecule has 2 aliphatic rings. The van der Waals surface area contributed by atoms with Crippen LogP contribution < -0.4 is 9.80 Å². The molecular weight excluding hydrogens is 376 g/mol. The molecular formula is C23H32N6O. The molecule has 2 aliphatic heterocycles. The van der Waals surface area contributed by atoms with E-state index in [2.05, 4.69) is 45.7 Å². The quantitative estimate of drug-likeness (QED) is 0.760. The first kappa shape index (κ1) is 20.5. The lowest BCUT2D eigenvalue weighted by Crippen LogP contribution is -2.49. The maximum atomic E-state index is 12.9. The van der Waals surface area contributed by atoms with Crippen LogP contribution in [0.4, 0.5) is 16.2 Å². The molecule has 3 heterocycles. The van der Waals surface area contributed by atoms with Crippen molar-refractivity contribution in [3.63, 3.8) is 0 Å². The Morgan fingerprint density at radius 3 is 2.50 bits per heavy atom. The molecule has 1 aromatic carbocycles. The van der Waals surface area contributed by atoms with E-state index in [1.807, 2.05) is 23.8 Å². The zero-order valence-corrected chi connectivity index (χ0v) is 18.1. The number of aromatic nitrogens is 2. The smallest absolute Gasteiger partial charge is 0.344 e. The lowest BCUT2D eigenvalue weighted by atomic mass is 10.1. The molecule has 0 saturated carbocycles. The number of benzene rings is 1. The monoisotopic (exact) mass is 408 g/mol. The number of anilines is 2. The standard InChI is InChI=1S/C23H32N6O/c1-19(2)25(3)21-16-24-29(18-21)23(30)28-14-12-26(13-15-28)17-20-8-4-5-9-22(20)27-10-6-7-11-27/h4-5,8-9,16,18H,1,6-7,10-15,17H2,2-3H3. The molecule has 4 rings (SSSR count). The van der Waals surface area contributed by atoms with Crippen LogP contribution in [0.2, 0.25) is 0 Å². The van der Waals surface area contributed by atoms with Gasteiger partial charge in [0.1, 0.15) is 0 Å². The Hall–Kier alpha value is -2.80. The van der Waals surface area contributed by atoms with Gasteiger partial charge in [-0.25, -0.2) is 4.79 Å². The van der Waals surface area contributed by atoms with E-state index in [1.165, 1.54) is 28.8 Å². The molecule has 7 heteroatoms. The van der Waals surface area contributed by atoms with Gasteiger partial charge in [0.2, 0.25) is 0 Å². The fourth-order valence-electron chi connectivity index (χ4n) is 4.21. The third kappa shape index (κ3) is 4.36. The van der Waals surface area contributed by atoms with E-state index in [-0.39, 0.29) is 6.03 Å². The first-order valence-electron chi connectivity index (χ1n) is 10.8. The van der Waals surface area contributed by atoms with Crippen molar-refractivity contribution in [1.29, 1.82) is 0 Å². The lowest BCUT2D eigenvalue weighted by Gasteiger charge is -2.35. The first-order valence-corrected chi connectivity index (χ1v) is 10.8. The highest BCUT2D eigenvalue weighted by atomic mass is 16.2. The number of amides is 1. The van der Waals surface area contributed by atoms with Gasteiger partial charge in [-0.3, -0.25) is 4.90 Å². The van der Waals surface area contributed by atoms with Crippen molar-refractivity contribution < 1.29 is 4.79 Å². The molecule has 0 bridgehead atoms. The molecule has 160 valence electrons. The molecule has 2 fully saturated rings. The fraction of sp³-hybridized carbons (Fsp3) is 0.478. The predicted molar refractivity (Wildman–Crippen MR) is 121 cm³/mol. The molecule has 2 saturated heterocycles. The summed E-state index contributed by atoms with van der Waals surface area (Å²) in [7, 11) is 1.92. The molecule has 1 amide bonds. The Balaban J connectivity index is 1.34. The van der Waals surface area contributed by atoms with Crippen LogP contribution in [-0.2, 0) is 6.54 Å². The largest absolute Gasteiger partial charge is 0.371 e. The summed E-state index contributed by atoms with van der Waals surface area (Å²) in [5, 5.41) is 4.26. The Morgan fingerprint density at radius 2 is 1.80 bits per heavy atom. The summed E-state index contributed by atoms with van der Waals surface area (Å²) in [6, 6.07) is 8.70. The number of para-hydroxylation sites is 1. The second-order valence-electron chi connectivity index (χ2n) is 8.31. The molecule has 7 nitrogen and oxygen atoms in total. The van der Waals surface area contributed by atoms with Gasteiger partial charge in [0.05, 0.1) is 18.1 Å². The van der Waals surface area contributed by atoms with Crippen molar-refractivity contribution in [2.45, 2.75) is 26.3 Å². The van der Waals surface area contributed by atoms with Gasteiger partial charge in [-0.05, 0) is 31.4 Å². The number of rotatable bonds is 5. The van der Waals surface area contributed by atoms with Crippen LogP contribution in [0.5, 0.6) is 0 Å². The summed E-state index contributed by atoms with van der Waals surface area (Å²) in [5.74, 6) is 0. The van der Waals surface area contributed by atoms with E-state index in [1.54, 1.807) is 12.4 Å². The van der Waals surface area contributed by atoms with Crippen molar-refractivity contribution in [3.8, 4) is 0 Å². The molecule has 2 aromatic rings. The number of carbonyl (C=O) groups excluding carboxylic acids is 1. The summed E-state index contributed by atoms with van der Waals surface area (Å²) in [4.78, 5) is 21.6. The normalized spacial score (nSPS) is 17.4. The van der Waals surface area contributed by atoms with Gasteiger partial charge >= 0.3 is 6.03 Å². The van der Waals surface area contributed by atoms with Crippen LogP contribution in [-0.4, -0.2) is 71.9 Å². The Morgan fingerprint density at radius 1 is 1.10 bits per heavy atom. The maximum Gasteiger partial charge on any atom is 0.344 e. The van der Waals surface area contributed by atoms with Crippen molar-refractivity contribution >= 4 is 17.4 Å². The van der Waals surface area contributed by atoms with Gasteiger partial charge < -0.3 is 14.7 Å². The van der Waals surface area contributed by atoms with Gasteiger partial charge in [-0.1, -0.05) is 24.8 Å². The van der Waals surface area contributed by atoms with Crippen LogP contribution in [0, 0.1) is 0 Å². The second kappa shape index (κ2) is 8.92. The van der Waals surface area contributed by atoms with Crippen molar-refractivity contribution in [2.75, 3.05) is 56.1 Å². The van der Waals surface area contributed by atoms with E-state index in [0.717, 1.165) is 57.2 Å². The summed E-state index contributed by atoms with van der Waals surface area (Å²) in [5.41, 5.74) is 4.54. The van der Waals surface area contributed by atoms with Crippen LogP contribution in [0.25, 0.3) is 0 Å². The van der Waals surface area contributed by atoms with Crippen LogP contribution in [0.1, 0.15) is 25.3 Å². The summed E-state index contributed by atoms with van der Waals surface area (Å²) < 4.78 is 1.44. The van der Waals surface area contributed by atoms with Crippen molar-refractivity contribution in [1.82, 2.24) is 19.6 Å². The Labute approximate surface area is 179 Å². The minimum absolute atomic E-state index is 0.0616. The fourth-order valence-corrected chi connectivity index (χ4v) is 4.21. The maximum absolute atomic E-state index is 12.9. The highest BCUT2D eigenvalue weighted by Gasteiger charge is 2.24.